The van der Waals surface area contributed by atoms with E-state index in [-0.39, 0.29) is 17.3 Å². The van der Waals surface area contributed by atoms with Crippen molar-refractivity contribution in [2.75, 3.05) is 16.8 Å². The first-order chi connectivity index (χ1) is 19.6. The number of carbonyl (C=O) groups excluding carboxylic acids is 2. The van der Waals surface area contributed by atoms with E-state index in [2.05, 4.69) is 10.6 Å². The molecule has 2 amide bonds. The number of hydrogen-bond acceptors (Lipinski definition) is 4. The second-order valence-corrected chi connectivity index (χ2v) is 10.9. The van der Waals surface area contributed by atoms with Crippen LogP contribution in [0.15, 0.2) is 42.5 Å². The first kappa shape index (κ1) is 31.5. The number of halogens is 7. The quantitative estimate of drug-likeness (QED) is 0.254. The van der Waals surface area contributed by atoms with E-state index in [0.29, 0.717) is 17.3 Å². The maximum atomic E-state index is 13.3. The van der Waals surface area contributed by atoms with Gasteiger partial charge in [0.15, 0.2) is 0 Å². The maximum Gasteiger partial charge on any atom is 0.389 e. The molecule has 228 valence electrons. The molecule has 7 nitrogen and oxygen atoms in total. The minimum atomic E-state index is -4.80. The molecule has 1 aliphatic heterocycles. The van der Waals surface area contributed by atoms with Gasteiger partial charge in [0.25, 0.3) is 0 Å². The van der Waals surface area contributed by atoms with E-state index in [1.165, 1.54) is 6.07 Å². The number of carboxylic acids is 1. The Labute approximate surface area is 242 Å². The summed E-state index contributed by atoms with van der Waals surface area (Å²) in [6.45, 7) is -0.217. The van der Waals surface area contributed by atoms with Gasteiger partial charge < -0.3 is 20.6 Å². The highest BCUT2D eigenvalue weighted by molar-refractivity contribution is 6.34. The van der Waals surface area contributed by atoms with Gasteiger partial charge in [-0.05, 0) is 61.4 Å². The van der Waals surface area contributed by atoms with E-state index >= 15 is 0 Å². The van der Waals surface area contributed by atoms with Gasteiger partial charge >= 0.3 is 18.3 Å². The lowest BCUT2D eigenvalue weighted by Crippen LogP contribution is -2.51. The predicted octanol–water partition coefficient (Wildman–Crippen LogP) is 6.79. The first-order valence-corrected chi connectivity index (χ1v) is 13.6. The largest absolute Gasteiger partial charge is 0.481 e. The zero-order valence-electron chi connectivity index (χ0n) is 22.1. The average molecular weight is 620 g/mol. The number of nitrogens with zero attached hydrogens (tertiary/aromatic N) is 1. The summed E-state index contributed by atoms with van der Waals surface area (Å²) in [5.41, 5.74) is 2.39. The van der Waals surface area contributed by atoms with Crippen LogP contribution >= 0.6 is 11.6 Å². The fraction of sp³-hybridized carbons (Fsp3) is 0.464. The van der Waals surface area contributed by atoms with Crippen molar-refractivity contribution in [2.45, 2.75) is 62.8 Å². The second kappa shape index (κ2) is 12.4. The van der Waals surface area contributed by atoms with Gasteiger partial charge in [0.2, 0.25) is 11.8 Å². The van der Waals surface area contributed by atoms with E-state index in [0.717, 1.165) is 18.4 Å². The number of carbonyl (C=O) groups is 3. The normalized spacial score (nSPS) is 18.9. The smallest absolute Gasteiger partial charge is 0.389 e. The van der Waals surface area contributed by atoms with Gasteiger partial charge in [0.05, 0.1) is 34.8 Å². The molecule has 2 aliphatic rings. The number of benzene rings is 2. The molecule has 14 heteroatoms. The monoisotopic (exact) mass is 619 g/mol. The van der Waals surface area contributed by atoms with Crippen LogP contribution in [0.1, 0.15) is 50.0 Å². The van der Waals surface area contributed by atoms with E-state index in [1.807, 2.05) is 18.2 Å². The Balaban J connectivity index is 1.65. The molecule has 2 unspecified atom stereocenters. The highest BCUT2D eigenvalue weighted by Gasteiger charge is 2.41. The minimum absolute atomic E-state index is 0.178. The first-order valence-electron chi connectivity index (χ1n) is 13.3. The molecule has 1 aliphatic carbocycles. The van der Waals surface area contributed by atoms with Gasteiger partial charge in [0.1, 0.15) is 6.04 Å². The molecule has 0 radical (unpaired) electrons. The molecular weight excluding hydrogens is 592 g/mol. The summed E-state index contributed by atoms with van der Waals surface area (Å²) >= 11 is 6.37. The lowest BCUT2D eigenvalue weighted by atomic mass is 9.84. The molecule has 3 atom stereocenters. The standard InChI is InChI=1S/C28H28ClF6N3O4/c29-20-5-2-6-22-23(20)37-25(40)21(14-38(22)17-4-1-3-16(13-17)15-7-8-15)36-24(39)18(9-11-27(30,31)32)19(26(41)42)10-12-28(33,34)35/h1-6,13,15,18-19,21H,7-12,14H2,(H,36,39)(H,37,40)(H,41,42)/t18?,19?,21-/m0/s1. The van der Waals surface area contributed by atoms with Gasteiger partial charge in [-0.2, -0.15) is 26.3 Å². The third-order valence-corrected chi connectivity index (χ3v) is 7.69. The fourth-order valence-electron chi connectivity index (χ4n) is 5.08. The average Bonchev–Trinajstić information content (AvgIpc) is 3.74. The fourth-order valence-corrected chi connectivity index (χ4v) is 5.30. The summed E-state index contributed by atoms with van der Waals surface area (Å²) in [6.07, 6.45) is -12.9. The van der Waals surface area contributed by atoms with Crippen LogP contribution in [0.4, 0.5) is 43.4 Å². The lowest BCUT2D eigenvalue weighted by Gasteiger charge is -2.29. The molecule has 1 heterocycles. The second-order valence-electron chi connectivity index (χ2n) is 10.5. The number of fused-ring (bicyclic) bond motifs is 1. The number of nitrogens with one attached hydrogen (secondary N) is 2. The van der Waals surface area contributed by atoms with Crippen molar-refractivity contribution in [3.05, 3.63) is 53.1 Å². The summed E-state index contributed by atoms with van der Waals surface area (Å²) < 4.78 is 77.9. The van der Waals surface area contributed by atoms with Crippen LogP contribution in [-0.2, 0) is 14.4 Å². The van der Waals surface area contributed by atoms with Crippen LogP contribution in [0.3, 0.4) is 0 Å². The number of amides is 2. The highest BCUT2D eigenvalue weighted by atomic mass is 35.5. The molecule has 0 saturated heterocycles. The molecular formula is C28H28ClF6N3O4. The van der Waals surface area contributed by atoms with Crippen molar-refractivity contribution >= 4 is 46.4 Å². The molecule has 4 rings (SSSR count). The number of anilines is 3. The molecule has 3 N–H and O–H groups in total. The van der Waals surface area contributed by atoms with Crippen molar-refractivity contribution in [1.29, 1.82) is 0 Å². The summed E-state index contributed by atoms with van der Waals surface area (Å²) in [4.78, 5) is 40.2. The molecule has 2 aromatic carbocycles. The van der Waals surface area contributed by atoms with E-state index < -0.39 is 73.7 Å². The Morgan fingerprint density at radius 3 is 2.21 bits per heavy atom. The molecule has 0 aromatic heterocycles. The van der Waals surface area contributed by atoms with Crippen LogP contribution in [0.25, 0.3) is 0 Å². The highest BCUT2D eigenvalue weighted by Crippen LogP contribution is 2.43. The Bertz CT molecular complexity index is 1330. The molecule has 42 heavy (non-hydrogen) atoms. The van der Waals surface area contributed by atoms with Crippen LogP contribution in [0, 0.1) is 11.8 Å². The molecule has 2 aromatic rings. The Morgan fingerprint density at radius 1 is 1.00 bits per heavy atom. The number of alkyl halides is 6. The summed E-state index contributed by atoms with van der Waals surface area (Å²) in [7, 11) is 0. The maximum absolute atomic E-state index is 13.3. The van der Waals surface area contributed by atoms with Crippen LogP contribution < -0.4 is 15.5 Å². The van der Waals surface area contributed by atoms with Crippen molar-refractivity contribution < 1.29 is 45.8 Å². The van der Waals surface area contributed by atoms with Gasteiger partial charge in [-0.1, -0.05) is 29.8 Å². The van der Waals surface area contributed by atoms with Gasteiger partial charge in [-0.15, -0.1) is 0 Å². The summed E-state index contributed by atoms with van der Waals surface area (Å²) in [5, 5.41) is 14.7. The number of rotatable bonds is 10. The van der Waals surface area contributed by atoms with Gasteiger partial charge in [0, 0.05) is 18.5 Å². The summed E-state index contributed by atoms with van der Waals surface area (Å²) in [5.74, 6) is -7.57. The molecule has 1 saturated carbocycles. The Hall–Kier alpha value is -3.48. The zero-order valence-corrected chi connectivity index (χ0v) is 22.8. The van der Waals surface area contributed by atoms with Crippen molar-refractivity contribution in [1.82, 2.24) is 5.32 Å². The third-order valence-electron chi connectivity index (χ3n) is 7.38. The van der Waals surface area contributed by atoms with Gasteiger partial charge in [-0.3, -0.25) is 14.4 Å². The van der Waals surface area contributed by atoms with Crippen molar-refractivity contribution in [3.63, 3.8) is 0 Å². The molecule has 0 spiro atoms. The zero-order chi connectivity index (χ0) is 30.8. The van der Waals surface area contributed by atoms with Gasteiger partial charge in [-0.25, -0.2) is 0 Å². The number of aliphatic carboxylic acids is 1. The van der Waals surface area contributed by atoms with E-state index in [9.17, 15) is 45.8 Å². The third kappa shape index (κ3) is 8.08. The SMILES string of the molecule is O=C(O)C(CCC(F)(F)F)C(CCC(F)(F)F)C(=O)N[C@H]1CN(c2cccc(C3CC3)c2)c2cccc(Cl)c2NC1=O. The van der Waals surface area contributed by atoms with Crippen molar-refractivity contribution in [3.8, 4) is 0 Å². The number of para-hydroxylation sites is 1. The minimum Gasteiger partial charge on any atom is -0.481 e. The van der Waals surface area contributed by atoms with E-state index in [4.69, 9.17) is 11.6 Å². The van der Waals surface area contributed by atoms with Crippen LogP contribution in [-0.4, -0.2) is 47.8 Å². The topological polar surface area (TPSA) is 98.7 Å². The Kier molecular flexibility index (Phi) is 9.29. The van der Waals surface area contributed by atoms with E-state index in [1.54, 1.807) is 23.1 Å². The Morgan fingerprint density at radius 2 is 1.62 bits per heavy atom. The molecule has 0 bridgehead atoms. The number of hydrogen-bond donors (Lipinski definition) is 3. The summed E-state index contributed by atoms with van der Waals surface area (Å²) in [6, 6.07) is 10.9. The lowest BCUT2D eigenvalue weighted by molar-refractivity contribution is -0.159. The molecule has 1 fully saturated rings. The number of carboxylic acid groups (broad SMARTS) is 1. The van der Waals surface area contributed by atoms with Crippen molar-refractivity contribution in [2.24, 2.45) is 11.8 Å². The van der Waals surface area contributed by atoms with Crippen LogP contribution in [0.5, 0.6) is 0 Å². The van der Waals surface area contributed by atoms with Crippen LogP contribution in [0.2, 0.25) is 5.02 Å². The predicted molar refractivity (Wildman–Crippen MR) is 143 cm³/mol.